The molecule has 1 atom stereocenters. The second-order valence-electron chi connectivity index (χ2n) is 5.00. The molecule has 0 fully saturated rings. The molecule has 0 aliphatic rings. The van der Waals surface area contributed by atoms with Gasteiger partial charge in [0, 0.05) is 27.5 Å². The van der Waals surface area contributed by atoms with Gasteiger partial charge in [-0.1, -0.05) is 28.9 Å². The summed E-state index contributed by atoms with van der Waals surface area (Å²) in [6, 6.07) is 15.5. The third-order valence-electron chi connectivity index (χ3n) is 3.26. The van der Waals surface area contributed by atoms with Gasteiger partial charge in [-0.2, -0.15) is 0 Å². The molecule has 2 N–H and O–H groups in total. The van der Waals surface area contributed by atoms with Crippen LogP contribution in [0.5, 0.6) is 0 Å². The van der Waals surface area contributed by atoms with Gasteiger partial charge in [-0.15, -0.1) is 0 Å². The van der Waals surface area contributed by atoms with E-state index in [0.29, 0.717) is 11.6 Å². The smallest absolute Gasteiger partial charge is 0.255 e. The highest BCUT2D eigenvalue weighted by Gasteiger charge is 2.06. The monoisotopic (exact) mass is 346 g/mol. The highest BCUT2D eigenvalue weighted by Crippen LogP contribution is 2.17. The zero-order valence-electron chi connectivity index (χ0n) is 12.2. The number of anilines is 2. The zero-order chi connectivity index (χ0) is 15.2. The number of rotatable bonds is 5. The quantitative estimate of drug-likeness (QED) is 0.807. The van der Waals surface area contributed by atoms with Crippen LogP contribution in [0.4, 0.5) is 11.4 Å². The molecule has 2 aromatic rings. The van der Waals surface area contributed by atoms with Crippen molar-refractivity contribution in [2.75, 3.05) is 10.6 Å². The van der Waals surface area contributed by atoms with Crippen LogP contribution in [0.25, 0.3) is 0 Å². The standard InChI is InChI=1S/C17H19BrN2O/c1-3-12(2)19-15-7-9-16(10-8-15)20-17(21)13-5-4-6-14(18)11-13/h4-12,19H,3H2,1-2H3,(H,20,21). The van der Waals surface area contributed by atoms with Crippen molar-refractivity contribution < 1.29 is 4.79 Å². The van der Waals surface area contributed by atoms with Crippen LogP contribution in [-0.4, -0.2) is 11.9 Å². The molecule has 0 heterocycles. The lowest BCUT2D eigenvalue weighted by molar-refractivity contribution is 0.102. The zero-order valence-corrected chi connectivity index (χ0v) is 13.8. The van der Waals surface area contributed by atoms with E-state index in [1.807, 2.05) is 36.4 Å². The molecule has 0 bridgehead atoms. The van der Waals surface area contributed by atoms with Crippen LogP contribution in [0, 0.1) is 0 Å². The van der Waals surface area contributed by atoms with Gasteiger partial charge in [-0.05, 0) is 55.8 Å². The van der Waals surface area contributed by atoms with E-state index in [4.69, 9.17) is 0 Å². The maximum Gasteiger partial charge on any atom is 0.255 e. The molecule has 2 rings (SSSR count). The van der Waals surface area contributed by atoms with E-state index in [0.717, 1.165) is 22.3 Å². The molecule has 110 valence electrons. The first-order chi connectivity index (χ1) is 10.1. The molecule has 3 nitrogen and oxygen atoms in total. The van der Waals surface area contributed by atoms with Crippen molar-refractivity contribution in [3.05, 3.63) is 58.6 Å². The van der Waals surface area contributed by atoms with Gasteiger partial charge in [0.05, 0.1) is 0 Å². The lowest BCUT2D eigenvalue weighted by Gasteiger charge is -2.13. The summed E-state index contributed by atoms with van der Waals surface area (Å²) < 4.78 is 0.892. The van der Waals surface area contributed by atoms with E-state index in [9.17, 15) is 4.79 Å². The summed E-state index contributed by atoms with van der Waals surface area (Å²) in [5.41, 5.74) is 2.48. The number of nitrogens with one attached hydrogen (secondary N) is 2. The van der Waals surface area contributed by atoms with E-state index < -0.39 is 0 Å². The average molecular weight is 347 g/mol. The minimum Gasteiger partial charge on any atom is -0.383 e. The van der Waals surface area contributed by atoms with Gasteiger partial charge >= 0.3 is 0 Å². The van der Waals surface area contributed by atoms with Crippen LogP contribution >= 0.6 is 15.9 Å². The summed E-state index contributed by atoms with van der Waals surface area (Å²) in [6.45, 7) is 4.28. The Kier molecular flexibility index (Phi) is 5.39. The predicted octanol–water partition coefficient (Wildman–Crippen LogP) is 4.91. The van der Waals surface area contributed by atoms with Crippen molar-refractivity contribution in [2.24, 2.45) is 0 Å². The SMILES string of the molecule is CCC(C)Nc1ccc(NC(=O)c2cccc(Br)c2)cc1. The Hall–Kier alpha value is -1.81. The van der Waals surface area contributed by atoms with Crippen molar-refractivity contribution in [3.63, 3.8) is 0 Å². The number of benzene rings is 2. The molecule has 0 aliphatic carbocycles. The van der Waals surface area contributed by atoms with Crippen LogP contribution < -0.4 is 10.6 Å². The Morgan fingerprint density at radius 2 is 1.81 bits per heavy atom. The molecule has 1 amide bonds. The molecular formula is C17H19BrN2O. The number of hydrogen-bond donors (Lipinski definition) is 2. The summed E-state index contributed by atoms with van der Waals surface area (Å²) in [4.78, 5) is 12.1. The highest BCUT2D eigenvalue weighted by atomic mass is 79.9. The van der Waals surface area contributed by atoms with E-state index in [1.165, 1.54) is 0 Å². The molecule has 0 aromatic heterocycles. The first kappa shape index (κ1) is 15.6. The molecule has 0 saturated heterocycles. The van der Waals surface area contributed by atoms with E-state index in [1.54, 1.807) is 12.1 Å². The molecule has 0 aliphatic heterocycles. The number of carbonyl (C=O) groups is 1. The summed E-state index contributed by atoms with van der Waals surface area (Å²) >= 11 is 3.37. The molecular weight excluding hydrogens is 328 g/mol. The first-order valence-corrected chi connectivity index (χ1v) is 7.81. The second-order valence-corrected chi connectivity index (χ2v) is 5.91. The fourth-order valence-electron chi connectivity index (χ4n) is 1.87. The fourth-order valence-corrected chi connectivity index (χ4v) is 2.27. The van der Waals surface area contributed by atoms with Crippen molar-refractivity contribution in [1.82, 2.24) is 0 Å². The fraction of sp³-hybridized carbons (Fsp3) is 0.235. The summed E-state index contributed by atoms with van der Waals surface area (Å²) in [7, 11) is 0. The molecule has 1 unspecified atom stereocenters. The van der Waals surface area contributed by atoms with Gasteiger partial charge in [0.25, 0.3) is 5.91 Å². The van der Waals surface area contributed by atoms with Gasteiger partial charge in [-0.25, -0.2) is 0 Å². The summed E-state index contributed by atoms with van der Waals surface area (Å²) in [5, 5.41) is 6.28. The van der Waals surface area contributed by atoms with Gasteiger partial charge in [-0.3, -0.25) is 4.79 Å². The van der Waals surface area contributed by atoms with Crippen molar-refractivity contribution in [3.8, 4) is 0 Å². The van der Waals surface area contributed by atoms with Crippen LogP contribution in [0.1, 0.15) is 30.6 Å². The third-order valence-corrected chi connectivity index (χ3v) is 3.75. The van der Waals surface area contributed by atoms with Gasteiger partial charge < -0.3 is 10.6 Å². The van der Waals surface area contributed by atoms with Crippen LogP contribution in [0.2, 0.25) is 0 Å². The van der Waals surface area contributed by atoms with Gasteiger partial charge in [0.2, 0.25) is 0 Å². The molecule has 0 radical (unpaired) electrons. The number of carbonyl (C=O) groups excluding carboxylic acids is 1. The maximum absolute atomic E-state index is 12.1. The van der Waals surface area contributed by atoms with Crippen LogP contribution in [0.15, 0.2) is 53.0 Å². The van der Waals surface area contributed by atoms with Crippen molar-refractivity contribution in [2.45, 2.75) is 26.3 Å². The number of amides is 1. The van der Waals surface area contributed by atoms with Gasteiger partial charge in [0.1, 0.15) is 0 Å². The number of hydrogen-bond acceptors (Lipinski definition) is 2. The topological polar surface area (TPSA) is 41.1 Å². The Labute approximate surface area is 133 Å². The largest absolute Gasteiger partial charge is 0.383 e. The summed E-state index contributed by atoms with van der Waals surface area (Å²) in [6.07, 6.45) is 1.07. The second kappa shape index (κ2) is 7.27. The molecule has 0 spiro atoms. The Morgan fingerprint density at radius 1 is 1.14 bits per heavy atom. The molecule has 4 heteroatoms. The minimum absolute atomic E-state index is 0.112. The van der Waals surface area contributed by atoms with E-state index >= 15 is 0 Å². The maximum atomic E-state index is 12.1. The number of halogens is 1. The van der Waals surface area contributed by atoms with Crippen LogP contribution in [-0.2, 0) is 0 Å². The first-order valence-electron chi connectivity index (χ1n) is 7.02. The lowest BCUT2D eigenvalue weighted by Crippen LogP contribution is -2.14. The van der Waals surface area contributed by atoms with E-state index in [-0.39, 0.29) is 5.91 Å². The van der Waals surface area contributed by atoms with Crippen molar-refractivity contribution in [1.29, 1.82) is 0 Å². The Balaban J connectivity index is 2.01. The third kappa shape index (κ3) is 4.60. The minimum atomic E-state index is -0.112. The Morgan fingerprint density at radius 3 is 2.43 bits per heavy atom. The van der Waals surface area contributed by atoms with E-state index in [2.05, 4.69) is 40.4 Å². The molecule has 21 heavy (non-hydrogen) atoms. The Bertz CT molecular complexity index is 610. The average Bonchev–Trinajstić information content (AvgIpc) is 2.49. The normalized spacial score (nSPS) is 11.8. The van der Waals surface area contributed by atoms with Crippen molar-refractivity contribution >= 4 is 33.2 Å². The van der Waals surface area contributed by atoms with Crippen LogP contribution in [0.3, 0.4) is 0 Å². The summed E-state index contributed by atoms with van der Waals surface area (Å²) in [5.74, 6) is -0.112. The highest BCUT2D eigenvalue weighted by molar-refractivity contribution is 9.10. The predicted molar refractivity (Wildman–Crippen MR) is 91.9 cm³/mol. The molecule has 2 aromatic carbocycles. The lowest BCUT2D eigenvalue weighted by atomic mass is 10.2. The van der Waals surface area contributed by atoms with Gasteiger partial charge in [0.15, 0.2) is 0 Å². The molecule has 0 saturated carbocycles.